The van der Waals surface area contributed by atoms with Crippen molar-refractivity contribution < 1.29 is 8.83 Å². The maximum Gasteiger partial charge on any atom is 0.228 e. The lowest BCUT2D eigenvalue weighted by Gasteiger charge is -2.27. The smallest absolute Gasteiger partial charge is 0.228 e. The first-order chi connectivity index (χ1) is 28.2. The topological polar surface area (TPSA) is 42.4 Å². The van der Waals surface area contributed by atoms with Crippen LogP contribution in [0.2, 0.25) is 0 Å². The number of hydrogen-bond acceptors (Lipinski definition) is 4. The van der Waals surface area contributed by atoms with Gasteiger partial charge in [-0.3, -0.25) is 0 Å². The Labute approximate surface area is 329 Å². The van der Waals surface area contributed by atoms with E-state index in [1.807, 2.05) is 24.3 Å². The van der Waals surface area contributed by atoms with Gasteiger partial charge in [-0.15, -0.1) is 0 Å². The molecule has 11 aromatic rings. The van der Waals surface area contributed by atoms with E-state index in [4.69, 9.17) is 13.8 Å². The molecule has 2 aromatic heterocycles. The van der Waals surface area contributed by atoms with Gasteiger partial charge in [-0.1, -0.05) is 152 Å². The van der Waals surface area contributed by atoms with E-state index in [1.54, 1.807) is 0 Å². The first-order valence-corrected chi connectivity index (χ1v) is 19.2. The van der Waals surface area contributed by atoms with Crippen molar-refractivity contribution in [1.29, 1.82) is 0 Å². The SMILES string of the molecule is c1ccc(-c2ccc(-c3ccc(N(c4ccc(-c5ccccc5)cc4)c4cccc5oc6cc(-c7nc8ccccc8o7)c7ccccc7c6c45)cc3)cc2)cc1. The molecular formula is C53H34N2O2. The molecule has 0 fully saturated rings. The van der Waals surface area contributed by atoms with Crippen molar-refractivity contribution in [3.8, 4) is 44.8 Å². The van der Waals surface area contributed by atoms with Crippen LogP contribution in [0, 0.1) is 0 Å². The molecule has 0 aliphatic rings. The Balaban J connectivity index is 1.07. The van der Waals surface area contributed by atoms with Crippen molar-refractivity contribution in [2.75, 3.05) is 4.90 Å². The molecule has 0 aliphatic heterocycles. The maximum atomic E-state index is 6.76. The zero-order chi connectivity index (χ0) is 37.7. The summed E-state index contributed by atoms with van der Waals surface area (Å²) in [7, 11) is 0. The number of aromatic nitrogens is 1. The summed E-state index contributed by atoms with van der Waals surface area (Å²) in [4.78, 5) is 7.22. The summed E-state index contributed by atoms with van der Waals surface area (Å²) in [5.41, 5.74) is 14.3. The van der Waals surface area contributed by atoms with Gasteiger partial charge in [0.2, 0.25) is 5.89 Å². The predicted molar refractivity (Wildman–Crippen MR) is 235 cm³/mol. The maximum absolute atomic E-state index is 6.76. The highest BCUT2D eigenvalue weighted by Gasteiger charge is 2.23. The number of fused-ring (bicyclic) bond motifs is 6. The van der Waals surface area contributed by atoms with Crippen LogP contribution in [0.25, 0.3) is 88.6 Å². The van der Waals surface area contributed by atoms with E-state index >= 15 is 0 Å². The molecule has 4 nitrogen and oxygen atoms in total. The molecule has 0 amide bonds. The van der Waals surface area contributed by atoms with Crippen LogP contribution in [0.15, 0.2) is 215 Å². The highest BCUT2D eigenvalue weighted by Crippen LogP contribution is 2.47. The number of nitrogens with zero attached hydrogens (tertiary/aromatic N) is 2. The number of oxazole rings is 1. The molecule has 2 heterocycles. The second-order valence-electron chi connectivity index (χ2n) is 14.3. The Kier molecular flexibility index (Phi) is 7.78. The van der Waals surface area contributed by atoms with Crippen LogP contribution in [0.5, 0.6) is 0 Å². The van der Waals surface area contributed by atoms with Gasteiger partial charge in [0.05, 0.1) is 11.1 Å². The fraction of sp³-hybridized carbons (Fsp3) is 0. The number of furan rings is 1. The number of benzene rings is 9. The highest BCUT2D eigenvalue weighted by molar-refractivity contribution is 6.25. The van der Waals surface area contributed by atoms with E-state index in [1.165, 1.54) is 27.8 Å². The standard InChI is InChI=1S/C53H34N2O2/c1-3-12-35(13-4-1)37-22-24-38(25-23-37)40-28-32-42(33-29-40)55(41-30-26-39(27-31-41)36-14-5-2-6-15-36)47-19-11-21-49-52(47)51-44-17-8-7-16-43(44)45(34-50(51)56-49)53-54-46-18-9-10-20-48(46)57-53/h1-34H. The normalized spacial score (nSPS) is 11.5. The summed E-state index contributed by atoms with van der Waals surface area (Å²) >= 11 is 0. The lowest BCUT2D eigenvalue weighted by Crippen LogP contribution is -2.10. The van der Waals surface area contributed by atoms with E-state index in [-0.39, 0.29) is 0 Å². The van der Waals surface area contributed by atoms with Gasteiger partial charge in [-0.05, 0) is 98.8 Å². The average molecular weight is 731 g/mol. The molecular weight excluding hydrogens is 697 g/mol. The van der Waals surface area contributed by atoms with Gasteiger partial charge in [0.25, 0.3) is 0 Å². The summed E-state index contributed by atoms with van der Waals surface area (Å²) in [6.45, 7) is 0. The molecule has 4 heteroatoms. The van der Waals surface area contributed by atoms with E-state index in [0.29, 0.717) is 5.89 Å². The van der Waals surface area contributed by atoms with Crippen molar-refractivity contribution in [1.82, 2.24) is 4.98 Å². The molecule has 268 valence electrons. The molecule has 0 saturated heterocycles. The Morgan fingerprint density at radius 1 is 0.351 bits per heavy atom. The monoisotopic (exact) mass is 730 g/mol. The molecule has 0 N–H and O–H groups in total. The van der Waals surface area contributed by atoms with Gasteiger partial charge in [0.15, 0.2) is 5.58 Å². The first-order valence-electron chi connectivity index (χ1n) is 19.2. The minimum Gasteiger partial charge on any atom is -0.456 e. The van der Waals surface area contributed by atoms with Crippen LogP contribution in [-0.2, 0) is 0 Å². The summed E-state index contributed by atoms with van der Waals surface area (Å²) in [5, 5.41) is 4.22. The fourth-order valence-corrected chi connectivity index (χ4v) is 8.16. The second kappa shape index (κ2) is 13.6. The van der Waals surface area contributed by atoms with Gasteiger partial charge >= 0.3 is 0 Å². The summed E-state index contributed by atoms with van der Waals surface area (Å²) < 4.78 is 13.1. The third kappa shape index (κ3) is 5.74. The van der Waals surface area contributed by atoms with E-state index in [0.717, 1.165) is 72.0 Å². The molecule has 11 rings (SSSR count). The molecule has 0 spiro atoms. The van der Waals surface area contributed by atoms with E-state index in [2.05, 4.69) is 187 Å². The first kappa shape index (κ1) is 32.7. The number of anilines is 3. The fourth-order valence-electron chi connectivity index (χ4n) is 8.16. The molecule has 0 radical (unpaired) electrons. The Bertz CT molecular complexity index is 3170. The molecule has 0 unspecified atom stereocenters. The van der Waals surface area contributed by atoms with Crippen LogP contribution in [0.4, 0.5) is 17.1 Å². The quantitative estimate of drug-likeness (QED) is 0.164. The second-order valence-corrected chi connectivity index (χ2v) is 14.3. The molecule has 0 aliphatic carbocycles. The largest absolute Gasteiger partial charge is 0.456 e. The third-order valence-electron chi connectivity index (χ3n) is 10.9. The van der Waals surface area contributed by atoms with Gasteiger partial charge < -0.3 is 13.7 Å². The summed E-state index contributed by atoms with van der Waals surface area (Å²) in [6, 6.07) is 72.3. The van der Waals surface area contributed by atoms with Crippen LogP contribution in [0.3, 0.4) is 0 Å². The van der Waals surface area contributed by atoms with E-state index in [9.17, 15) is 0 Å². The Morgan fingerprint density at radius 3 is 1.44 bits per heavy atom. The van der Waals surface area contributed by atoms with Crippen LogP contribution >= 0.6 is 0 Å². The van der Waals surface area contributed by atoms with E-state index < -0.39 is 0 Å². The molecule has 0 saturated carbocycles. The lowest BCUT2D eigenvalue weighted by molar-refractivity contribution is 0.620. The highest BCUT2D eigenvalue weighted by atomic mass is 16.3. The molecule has 57 heavy (non-hydrogen) atoms. The van der Waals surface area contributed by atoms with Crippen molar-refractivity contribution in [2.24, 2.45) is 0 Å². The molecule has 0 bridgehead atoms. The summed E-state index contributed by atoms with van der Waals surface area (Å²) in [6.07, 6.45) is 0. The Morgan fingerprint density at radius 2 is 0.842 bits per heavy atom. The van der Waals surface area contributed by atoms with Crippen molar-refractivity contribution in [3.63, 3.8) is 0 Å². The van der Waals surface area contributed by atoms with Gasteiger partial charge in [0.1, 0.15) is 16.7 Å². The predicted octanol–water partition coefficient (Wildman–Crippen LogP) is 15.0. The minimum atomic E-state index is 0.574. The van der Waals surface area contributed by atoms with Crippen LogP contribution < -0.4 is 4.90 Å². The van der Waals surface area contributed by atoms with Gasteiger partial charge in [-0.2, -0.15) is 0 Å². The average Bonchev–Trinajstić information content (AvgIpc) is 3.90. The van der Waals surface area contributed by atoms with Crippen molar-refractivity contribution >= 4 is 60.9 Å². The number of rotatable bonds is 7. The minimum absolute atomic E-state index is 0.574. The lowest BCUT2D eigenvalue weighted by atomic mass is 9.97. The van der Waals surface area contributed by atoms with Crippen LogP contribution in [0.1, 0.15) is 0 Å². The Hall–Kier alpha value is -7.69. The molecule has 9 aromatic carbocycles. The number of para-hydroxylation sites is 2. The molecule has 0 atom stereocenters. The van der Waals surface area contributed by atoms with Crippen molar-refractivity contribution in [2.45, 2.75) is 0 Å². The van der Waals surface area contributed by atoms with Crippen LogP contribution in [-0.4, -0.2) is 4.98 Å². The zero-order valence-corrected chi connectivity index (χ0v) is 30.8. The zero-order valence-electron chi connectivity index (χ0n) is 30.8. The van der Waals surface area contributed by atoms with Gasteiger partial charge in [0, 0.05) is 22.3 Å². The van der Waals surface area contributed by atoms with Gasteiger partial charge in [-0.25, -0.2) is 4.98 Å². The summed E-state index contributed by atoms with van der Waals surface area (Å²) in [5.74, 6) is 0.574. The van der Waals surface area contributed by atoms with Crippen molar-refractivity contribution in [3.05, 3.63) is 206 Å². The number of hydrogen-bond donors (Lipinski definition) is 0. The third-order valence-corrected chi connectivity index (χ3v) is 10.9.